The fraction of sp³-hybridized carbons (Fsp3) is 0.800. The first-order valence-electron chi connectivity index (χ1n) is 5.28. The molecule has 1 rings (SSSR count). The molecule has 0 aromatic carbocycles. The van der Waals surface area contributed by atoms with Gasteiger partial charge in [-0.1, -0.05) is 0 Å². The number of aliphatic hydroxyl groups is 1. The van der Waals surface area contributed by atoms with Crippen molar-refractivity contribution in [2.24, 2.45) is 0 Å². The molecule has 0 aromatic rings. The van der Waals surface area contributed by atoms with Gasteiger partial charge in [-0.25, -0.2) is 4.79 Å². The van der Waals surface area contributed by atoms with Gasteiger partial charge in [0, 0.05) is 13.0 Å². The van der Waals surface area contributed by atoms with E-state index < -0.39 is 16.8 Å². The Labute approximate surface area is 98.6 Å². The number of hydrogen-bond acceptors (Lipinski definition) is 4. The Bertz CT molecular complexity index is 276. The van der Waals surface area contributed by atoms with Crippen LogP contribution in [0.25, 0.3) is 0 Å². The first-order valence-corrected chi connectivity index (χ1v) is 6.27. The summed E-state index contributed by atoms with van der Waals surface area (Å²) in [6.07, 6.45) is 1.79. The Morgan fingerprint density at radius 3 is 2.69 bits per heavy atom. The molecule has 1 aliphatic heterocycles. The second kappa shape index (κ2) is 5.54. The van der Waals surface area contributed by atoms with Crippen LogP contribution in [0.4, 0.5) is 0 Å². The van der Waals surface area contributed by atoms with Crippen LogP contribution in [0.2, 0.25) is 0 Å². The normalized spacial score (nSPS) is 26.4. The Kier molecular flexibility index (Phi) is 4.61. The van der Waals surface area contributed by atoms with Gasteiger partial charge in [-0.2, -0.15) is 0 Å². The van der Waals surface area contributed by atoms with E-state index in [0.717, 1.165) is 18.6 Å². The van der Waals surface area contributed by atoms with Crippen LogP contribution in [0, 0.1) is 0 Å². The molecule has 3 N–H and O–H groups in total. The van der Waals surface area contributed by atoms with E-state index in [2.05, 4.69) is 5.32 Å². The number of thioether (sulfide) groups is 1. The first-order chi connectivity index (χ1) is 7.49. The number of rotatable bonds is 5. The Balaban J connectivity index is 2.57. The highest BCUT2D eigenvalue weighted by Crippen LogP contribution is 2.37. The van der Waals surface area contributed by atoms with Crippen LogP contribution >= 0.6 is 11.8 Å². The van der Waals surface area contributed by atoms with Gasteiger partial charge in [0.2, 0.25) is 5.91 Å². The summed E-state index contributed by atoms with van der Waals surface area (Å²) in [7, 11) is 0. The number of carboxylic acid groups (broad SMARTS) is 1. The summed E-state index contributed by atoms with van der Waals surface area (Å²) in [5.41, 5.74) is 0. The van der Waals surface area contributed by atoms with Crippen molar-refractivity contribution < 1.29 is 19.8 Å². The van der Waals surface area contributed by atoms with Crippen molar-refractivity contribution in [3.63, 3.8) is 0 Å². The molecule has 1 unspecified atom stereocenters. The van der Waals surface area contributed by atoms with Gasteiger partial charge >= 0.3 is 5.97 Å². The third-order valence-corrected chi connectivity index (χ3v) is 4.24. The van der Waals surface area contributed by atoms with E-state index in [4.69, 9.17) is 10.2 Å². The lowest BCUT2D eigenvalue weighted by molar-refractivity contribution is -0.142. The van der Waals surface area contributed by atoms with Crippen LogP contribution in [0.1, 0.15) is 26.2 Å². The Hall–Kier alpha value is -0.750. The summed E-state index contributed by atoms with van der Waals surface area (Å²) in [5, 5.41) is 20.0. The molecule has 1 fully saturated rings. The molecule has 2 atom stereocenters. The molecule has 0 aromatic heterocycles. The van der Waals surface area contributed by atoms with E-state index in [1.165, 1.54) is 0 Å². The first kappa shape index (κ1) is 13.3. The quantitative estimate of drug-likeness (QED) is 0.647. The van der Waals surface area contributed by atoms with Gasteiger partial charge in [-0.15, -0.1) is 11.8 Å². The summed E-state index contributed by atoms with van der Waals surface area (Å²) in [6, 6.07) is -0.990. The van der Waals surface area contributed by atoms with Crippen molar-refractivity contribution in [1.82, 2.24) is 5.32 Å². The molecule has 92 valence electrons. The van der Waals surface area contributed by atoms with Gasteiger partial charge < -0.3 is 15.5 Å². The maximum absolute atomic E-state index is 11.9. The van der Waals surface area contributed by atoms with Crippen LogP contribution in [0.5, 0.6) is 0 Å². The van der Waals surface area contributed by atoms with Crippen molar-refractivity contribution in [3.05, 3.63) is 0 Å². The molecule has 1 amide bonds. The highest BCUT2D eigenvalue weighted by molar-refractivity contribution is 8.01. The fourth-order valence-electron chi connectivity index (χ4n) is 1.66. The molecule has 0 bridgehead atoms. The zero-order valence-corrected chi connectivity index (χ0v) is 10.0. The number of amides is 1. The van der Waals surface area contributed by atoms with Crippen LogP contribution in [0.3, 0.4) is 0 Å². The number of aliphatic hydroxyl groups excluding tert-OH is 1. The molecule has 1 heterocycles. The number of nitrogens with one attached hydrogen (secondary N) is 1. The Morgan fingerprint density at radius 1 is 1.56 bits per heavy atom. The van der Waals surface area contributed by atoms with Crippen LogP contribution < -0.4 is 5.32 Å². The third kappa shape index (κ3) is 3.12. The zero-order chi connectivity index (χ0) is 12.2. The molecule has 0 aliphatic carbocycles. The molecular weight excluding hydrogens is 230 g/mol. The number of carboxylic acids is 1. The average molecular weight is 247 g/mol. The van der Waals surface area contributed by atoms with Gasteiger partial charge in [0.25, 0.3) is 0 Å². The summed E-state index contributed by atoms with van der Waals surface area (Å²) in [4.78, 5) is 22.7. The third-order valence-electron chi connectivity index (χ3n) is 2.72. The van der Waals surface area contributed by atoms with Crippen LogP contribution in [-0.4, -0.2) is 45.2 Å². The second-order valence-electron chi connectivity index (χ2n) is 4.06. The minimum atomic E-state index is -1.10. The second-order valence-corrected chi connectivity index (χ2v) is 5.66. The van der Waals surface area contributed by atoms with Gasteiger partial charge in [-0.3, -0.25) is 4.79 Å². The molecule has 6 heteroatoms. The van der Waals surface area contributed by atoms with E-state index in [-0.39, 0.29) is 18.9 Å². The molecular formula is C10H17NO4S. The summed E-state index contributed by atoms with van der Waals surface area (Å²) >= 11 is 1.56. The lowest BCUT2D eigenvalue weighted by Gasteiger charge is -2.24. The minimum Gasteiger partial charge on any atom is -0.480 e. The van der Waals surface area contributed by atoms with E-state index in [9.17, 15) is 9.59 Å². The number of hydrogen-bond donors (Lipinski definition) is 3. The number of carbonyl (C=O) groups is 2. The standard InChI is InChI=1S/C10H17NO4S/c1-10(4-2-6-16-10)9(15)11-7(3-5-12)8(13)14/h7,12H,2-6H2,1H3,(H,11,15)(H,13,14)/t7-,10?/m1/s1. The monoisotopic (exact) mass is 247 g/mol. The summed E-state index contributed by atoms with van der Waals surface area (Å²) < 4.78 is -0.511. The highest BCUT2D eigenvalue weighted by atomic mass is 32.2. The predicted molar refractivity (Wildman–Crippen MR) is 61.4 cm³/mol. The van der Waals surface area contributed by atoms with Crippen molar-refractivity contribution in [1.29, 1.82) is 0 Å². The molecule has 1 saturated heterocycles. The van der Waals surface area contributed by atoms with Gasteiger partial charge in [-0.05, 0) is 25.5 Å². The SMILES string of the molecule is CC1(C(=O)N[C@H](CCO)C(=O)O)CCCS1. The summed E-state index contributed by atoms with van der Waals surface area (Å²) in [5.74, 6) is -0.411. The van der Waals surface area contributed by atoms with Crippen molar-refractivity contribution in [2.75, 3.05) is 12.4 Å². The topological polar surface area (TPSA) is 86.6 Å². The molecule has 5 nitrogen and oxygen atoms in total. The van der Waals surface area contributed by atoms with E-state index in [1.807, 2.05) is 6.92 Å². The lowest BCUT2D eigenvalue weighted by atomic mass is 10.0. The van der Waals surface area contributed by atoms with E-state index in [1.54, 1.807) is 11.8 Å². The lowest BCUT2D eigenvalue weighted by Crippen LogP contribution is -2.48. The predicted octanol–water partition coefficient (Wildman–Crippen LogP) is 0.224. The van der Waals surface area contributed by atoms with E-state index >= 15 is 0 Å². The van der Waals surface area contributed by atoms with Crippen molar-refractivity contribution in [2.45, 2.75) is 37.0 Å². The molecule has 0 radical (unpaired) electrons. The van der Waals surface area contributed by atoms with Crippen molar-refractivity contribution in [3.8, 4) is 0 Å². The maximum atomic E-state index is 11.9. The highest BCUT2D eigenvalue weighted by Gasteiger charge is 2.38. The maximum Gasteiger partial charge on any atom is 0.326 e. The number of carbonyl (C=O) groups excluding carboxylic acids is 1. The summed E-state index contributed by atoms with van der Waals surface area (Å²) in [6.45, 7) is 1.58. The molecule has 0 spiro atoms. The average Bonchev–Trinajstić information content (AvgIpc) is 2.65. The smallest absolute Gasteiger partial charge is 0.326 e. The largest absolute Gasteiger partial charge is 0.480 e. The van der Waals surface area contributed by atoms with Crippen LogP contribution in [0.15, 0.2) is 0 Å². The molecule has 0 saturated carbocycles. The zero-order valence-electron chi connectivity index (χ0n) is 9.23. The van der Waals surface area contributed by atoms with Crippen molar-refractivity contribution >= 4 is 23.6 Å². The minimum absolute atomic E-state index is 0.0435. The number of aliphatic carboxylic acids is 1. The molecule has 1 aliphatic rings. The molecule has 16 heavy (non-hydrogen) atoms. The Morgan fingerprint density at radius 2 is 2.25 bits per heavy atom. The van der Waals surface area contributed by atoms with Gasteiger partial charge in [0.05, 0.1) is 4.75 Å². The van der Waals surface area contributed by atoms with E-state index in [0.29, 0.717) is 0 Å². The fourth-order valence-corrected chi connectivity index (χ4v) is 2.87. The van der Waals surface area contributed by atoms with Gasteiger partial charge in [0.1, 0.15) is 6.04 Å². The van der Waals surface area contributed by atoms with Crippen LogP contribution in [-0.2, 0) is 9.59 Å². The van der Waals surface area contributed by atoms with Gasteiger partial charge in [0.15, 0.2) is 0 Å².